The Hall–Kier alpha value is -1.26. The van der Waals surface area contributed by atoms with Crippen LogP contribution < -0.4 is 15.4 Å². The molecular weight excluding hydrogens is 276 g/mol. The van der Waals surface area contributed by atoms with Crippen LogP contribution in [0.3, 0.4) is 0 Å². The predicted octanol–water partition coefficient (Wildman–Crippen LogP) is 2.30. The molecule has 2 atom stereocenters. The molecule has 1 aromatic carbocycles. The normalized spacial score (nSPS) is 13.0. The third-order valence-corrected chi connectivity index (χ3v) is 3.10. The SMILES string of the molecule is CCC(Oc1ccccc1C)C(=O)NCC(C)NC.Cl. The summed E-state index contributed by atoms with van der Waals surface area (Å²) in [6.45, 7) is 6.54. The van der Waals surface area contributed by atoms with Gasteiger partial charge < -0.3 is 15.4 Å². The second-order valence-electron chi connectivity index (χ2n) is 4.72. The van der Waals surface area contributed by atoms with Crippen LogP contribution in [0.1, 0.15) is 25.8 Å². The Balaban J connectivity index is 0.00000361. The van der Waals surface area contributed by atoms with Crippen molar-refractivity contribution in [1.82, 2.24) is 10.6 Å². The lowest BCUT2D eigenvalue weighted by molar-refractivity contribution is -0.128. The van der Waals surface area contributed by atoms with Gasteiger partial charge in [0.15, 0.2) is 6.10 Å². The highest BCUT2D eigenvalue weighted by Crippen LogP contribution is 2.18. The van der Waals surface area contributed by atoms with E-state index in [2.05, 4.69) is 10.6 Å². The van der Waals surface area contributed by atoms with Crippen LogP contribution in [0.25, 0.3) is 0 Å². The number of carbonyl (C=O) groups excluding carboxylic acids is 1. The average molecular weight is 301 g/mol. The third-order valence-electron chi connectivity index (χ3n) is 3.10. The molecule has 20 heavy (non-hydrogen) atoms. The van der Waals surface area contributed by atoms with Crippen molar-refractivity contribution < 1.29 is 9.53 Å². The van der Waals surface area contributed by atoms with Crippen molar-refractivity contribution in [2.45, 2.75) is 39.3 Å². The topological polar surface area (TPSA) is 50.4 Å². The Labute approximate surface area is 127 Å². The lowest BCUT2D eigenvalue weighted by Gasteiger charge is -2.19. The van der Waals surface area contributed by atoms with E-state index >= 15 is 0 Å². The van der Waals surface area contributed by atoms with Gasteiger partial charge >= 0.3 is 0 Å². The molecule has 0 spiro atoms. The quantitative estimate of drug-likeness (QED) is 0.812. The number of rotatable bonds is 7. The second-order valence-corrected chi connectivity index (χ2v) is 4.72. The summed E-state index contributed by atoms with van der Waals surface area (Å²) < 4.78 is 5.79. The van der Waals surface area contributed by atoms with Gasteiger partial charge in [-0.05, 0) is 38.9 Å². The van der Waals surface area contributed by atoms with Crippen LogP contribution >= 0.6 is 12.4 Å². The molecule has 1 amide bonds. The molecule has 5 heteroatoms. The minimum absolute atomic E-state index is 0. The molecule has 2 N–H and O–H groups in total. The number of halogens is 1. The van der Waals surface area contributed by atoms with E-state index in [9.17, 15) is 4.79 Å². The van der Waals surface area contributed by atoms with Crippen molar-refractivity contribution in [2.24, 2.45) is 0 Å². The van der Waals surface area contributed by atoms with E-state index in [0.29, 0.717) is 13.0 Å². The summed E-state index contributed by atoms with van der Waals surface area (Å²) >= 11 is 0. The summed E-state index contributed by atoms with van der Waals surface area (Å²) in [4.78, 5) is 12.0. The summed E-state index contributed by atoms with van der Waals surface area (Å²) in [5, 5.41) is 5.98. The molecule has 4 nitrogen and oxygen atoms in total. The number of carbonyl (C=O) groups is 1. The molecule has 0 aromatic heterocycles. The summed E-state index contributed by atoms with van der Waals surface area (Å²) in [7, 11) is 1.87. The zero-order valence-corrected chi connectivity index (χ0v) is 13.4. The molecule has 0 aliphatic carbocycles. The largest absolute Gasteiger partial charge is 0.480 e. The van der Waals surface area contributed by atoms with Crippen molar-refractivity contribution >= 4 is 18.3 Å². The lowest BCUT2D eigenvalue weighted by Crippen LogP contribution is -2.43. The molecule has 1 rings (SSSR count). The maximum atomic E-state index is 12.0. The molecule has 0 saturated carbocycles. The van der Waals surface area contributed by atoms with Crippen molar-refractivity contribution in [3.05, 3.63) is 29.8 Å². The highest BCUT2D eigenvalue weighted by atomic mass is 35.5. The molecule has 0 radical (unpaired) electrons. The predicted molar refractivity (Wildman–Crippen MR) is 84.7 cm³/mol. The first kappa shape index (κ1) is 18.7. The number of likely N-dealkylation sites (N-methyl/N-ethyl adjacent to an activating group) is 1. The fraction of sp³-hybridized carbons (Fsp3) is 0.533. The van der Waals surface area contributed by atoms with Gasteiger partial charge in [-0.3, -0.25) is 4.79 Å². The number of amides is 1. The van der Waals surface area contributed by atoms with Gasteiger partial charge in [-0.1, -0.05) is 25.1 Å². The van der Waals surface area contributed by atoms with Gasteiger partial charge in [0.25, 0.3) is 5.91 Å². The number of hydrogen-bond donors (Lipinski definition) is 2. The van der Waals surface area contributed by atoms with Crippen molar-refractivity contribution in [3.8, 4) is 5.75 Å². The number of ether oxygens (including phenoxy) is 1. The summed E-state index contributed by atoms with van der Waals surface area (Å²) in [6.07, 6.45) is 0.207. The third kappa shape index (κ3) is 5.80. The molecule has 0 saturated heterocycles. The fourth-order valence-corrected chi connectivity index (χ4v) is 1.63. The van der Waals surface area contributed by atoms with Crippen LogP contribution in [0.15, 0.2) is 24.3 Å². The Bertz CT molecular complexity index is 413. The lowest BCUT2D eigenvalue weighted by atomic mass is 10.2. The van der Waals surface area contributed by atoms with Crippen molar-refractivity contribution in [3.63, 3.8) is 0 Å². The number of nitrogens with one attached hydrogen (secondary N) is 2. The van der Waals surface area contributed by atoms with Gasteiger partial charge in [-0.25, -0.2) is 0 Å². The van der Waals surface area contributed by atoms with E-state index in [1.807, 2.05) is 52.1 Å². The first-order valence-electron chi connectivity index (χ1n) is 6.75. The standard InChI is InChI=1S/C15H24N2O2.ClH/c1-5-13(15(18)17-10-12(3)16-4)19-14-9-7-6-8-11(14)2;/h6-9,12-13,16H,5,10H2,1-4H3,(H,17,18);1H. The van der Waals surface area contributed by atoms with Gasteiger partial charge in [0.1, 0.15) is 5.75 Å². The Morgan fingerprint density at radius 3 is 2.55 bits per heavy atom. The van der Waals surface area contributed by atoms with E-state index in [-0.39, 0.29) is 24.4 Å². The van der Waals surface area contributed by atoms with Crippen molar-refractivity contribution in [2.75, 3.05) is 13.6 Å². The molecule has 2 unspecified atom stereocenters. The molecule has 0 aliphatic heterocycles. The maximum absolute atomic E-state index is 12.0. The zero-order chi connectivity index (χ0) is 14.3. The molecular formula is C15H25ClN2O2. The smallest absolute Gasteiger partial charge is 0.261 e. The van der Waals surface area contributed by atoms with Crippen LogP contribution in [0.4, 0.5) is 0 Å². The maximum Gasteiger partial charge on any atom is 0.261 e. The monoisotopic (exact) mass is 300 g/mol. The van der Waals surface area contributed by atoms with E-state index in [4.69, 9.17) is 4.74 Å². The zero-order valence-electron chi connectivity index (χ0n) is 12.6. The number of benzene rings is 1. The van der Waals surface area contributed by atoms with Crippen molar-refractivity contribution in [1.29, 1.82) is 0 Å². The number of aryl methyl sites for hydroxylation is 1. The van der Waals surface area contributed by atoms with Crippen LogP contribution in [-0.4, -0.2) is 31.6 Å². The molecule has 0 bridgehead atoms. The average Bonchev–Trinajstić information content (AvgIpc) is 2.43. The van der Waals surface area contributed by atoms with Crippen LogP contribution in [0, 0.1) is 6.92 Å². The van der Waals surface area contributed by atoms with Gasteiger partial charge in [0.2, 0.25) is 0 Å². The van der Waals surface area contributed by atoms with E-state index in [1.54, 1.807) is 0 Å². The first-order valence-corrected chi connectivity index (χ1v) is 6.75. The summed E-state index contributed by atoms with van der Waals surface area (Å²) in [6, 6.07) is 7.98. The summed E-state index contributed by atoms with van der Waals surface area (Å²) in [5.74, 6) is 0.707. The van der Waals surface area contributed by atoms with E-state index in [0.717, 1.165) is 11.3 Å². The molecule has 1 aromatic rings. The van der Waals surface area contributed by atoms with Crippen LogP contribution in [0.2, 0.25) is 0 Å². The highest BCUT2D eigenvalue weighted by molar-refractivity contribution is 5.85. The van der Waals surface area contributed by atoms with Crippen LogP contribution in [-0.2, 0) is 4.79 Å². The van der Waals surface area contributed by atoms with E-state index in [1.165, 1.54) is 0 Å². The fourth-order valence-electron chi connectivity index (χ4n) is 1.63. The number of hydrogen-bond acceptors (Lipinski definition) is 3. The molecule has 0 fully saturated rings. The first-order chi connectivity index (χ1) is 9.08. The number of para-hydroxylation sites is 1. The Morgan fingerprint density at radius 2 is 2.00 bits per heavy atom. The van der Waals surface area contributed by atoms with Crippen LogP contribution in [0.5, 0.6) is 5.75 Å². The van der Waals surface area contributed by atoms with Gasteiger partial charge in [-0.2, -0.15) is 0 Å². The Morgan fingerprint density at radius 1 is 1.35 bits per heavy atom. The minimum atomic E-state index is -0.440. The van der Waals surface area contributed by atoms with Gasteiger partial charge in [0.05, 0.1) is 0 Å². The van der Waals surface area contributed by atoms with Gasteiger partial charge in [-0.15, -0.1) is 12.4 Å². The minimum Gasteiger partial charge on any atom is -0.480 e. The second kappa shape index (κ2) is 9.61. The highest BCUT2D eigenvalue weighted by Gasteiger charge is 2.19. The van der Waals surface area contributed by atoms with E-state index < -0.39 is 6.10 Å². The molecule has 0 heterocycles. The molecule has 0 aliphatic rings. The Kier molecular flexibility index (Phi) is 9.01. The van der Waals surface area contributed by atoms with Gasteiger partial charge in [0, 0.05) is 12.6 Å². The summed E-state index contributed by atoms with van der Waals surface area (Å²) in [5.41, 5.74) is 1.04. The molecule has 114 valence electrons.